The van der Waals surface area contributed by atoms with E-state index in [0.717, 1.165) is 6.42 Å². The summed E-state index contributed by atoms with van der Waals surface area (Å²) < 4.78 is 0. The summed E-state index contributed by atoms with van der Waals surface area (Å²) in [6.07, 6.45) is 0.890. The quantitative estimate of drug-likeness (QED) is 0.869. The molecule has 1 aliphatic heterocycles. The third kappa shape index (κ3) is 3.31. The number of hydrogen-bond acceptors (Lipinski definition) is 5. The van der Waals surface area contributed by atoms with Gasteiger partial charge in [0.2, 0.25) is 5.91 Å². The van der Waals surface area contributed by atoms with E-state index in [0.29, 0.717) is 29.9 Å². The van der Waals surface area contributed by atoms with E-state index in [1.807, 2.05) is 11.0 Å². The highest BCUT2D eigenvalue weighted by Crippen LogP contribution is 2.24. The highest BCUT2D eigenvalue weighted by atomic mass is 32.1. The van der Waals surface area contributed by atoms with Crippen LogP contribution in [-0.4, -0.2) is 29.7 Å². The minimum Gasteiger partial charge on any atom is -0.376 e. The van der Waals surface area contributed by atoms with Gasteiger partial charge in [0, 0.05) is 29.2 Å². The zero-order valence-electron chi connectivity index (χ0n) is 13.3. The standard InChI is InChI=1S/C18H17N3O2S/c1-12(22)15-3-2-13(9-19)8-16(15)20-10-18(23)21-6-4-17-14(11-21)5-7-24-17/h2-3,5,7-8,20H,4,6,10-11H2,1H3. The molecule has 5 nitrogen and oxygen atoms in total. The van der Waals surface area contributed by atoms with Crippen LogP contribution in [-0.2, 0) is 17.8 Å². The number of Topliss-reactive ketones (excluding diaryl/α,β-unsaturated/α-hetero) is 1. The number of benzene rings is 1. The molecule has 0 atom stereocenters. The first kappa shape index (κ1) is 16.2. The molecule has 0 spiro atoms. The van der Waals surface area contributed by atoms with Crippen LogP contribution >= 0.6 is 11.3 Å². The van der Waals surface area contributed by atoms with Gasteiger partial charge < -0.3 is 10.2 Å². The fourth-order valence-electron chi connectivity index (χ4n) is 2.81. The van der Waals surface area contributed by atoms with Gasteiger partial charge in [0.05, 0.1) is 18.2 Å². The van der Waals surface area contributed by atoms with Crippen LogP contribution in [0, 0.1) is 11.3 Å². The summed E-state index contributed by atoms with van der Waals surface area (Å²) in [5, 5.41) is 14.1. The largest absolute Gasteiger partial charge is 0.376 e. The zero-order valence-corrected chi connectivity index (χ0v) is 14.2. The number of amides is 1. The summed E-state index contributed by atoms with van der Waals surface area (Å²) in [6.45, 7) is 2.93. The summed E-state index contributed by atoms with van der Waals surface area (Å²) in [6, 6.07) is 8.94. The van der Waals surface area contributed by atoms with Crippen LogP contribution < -0.4 is 5.32 Å². The number of anilines is 1. The number of nitrogens with zero attached hydrogens (tertiary/aromatic N) is 2. The molecule has 1 amide bonds. The van der Waals surface area contributed by atoms with Crippen LogP contribution in [0.2, 0.25) is 0 Å². The van der Waals surface area contributed by atoms with Gasteiger partial charge in [-0.25, -0.2) is 0 Å². The fraction of sp³-hybridized carbons (Fsp3) is 0.278. The molecule has 1 N–H and O–H groups in total. The molecule has 2 heterocycles. The van der Waals surface area contributed by atoms with Gasteiger partial charge in [-0.3, -0.25) is 9.59 Å². The third-order valence-electron chi connectivity index (χ3n) is 4.12. The van der Waals surface area contributed by atoms with E-state index in [1.165, 1.54) is 17.4 Å². The molecule has 24 heavy (non-hydrogen) atoms. The van der Waals surface area contributed by atoms with Crippen molar-refractivity contribution in [3.63, 3.8) is 0 Å². The number of thiophene rings is 1. The number of fused-ring (bicyclic) bond motifs is 1. The van der Waals surface area contributed by atoms with Gasteiger partial charge in [0.15, 0.2) is 5.78 Å². The molecule has 0 fully saturated rings. The molecule has 122 valence electrons. The van der Waals surface area contributed by atoms with E-state index in [-0.39, 0.29) is 18.2 Å². The molecule has 0 saturated heterocycles. The molecule has 1 aromatic carbocycles. The Kier molecular flexibility index (Phi) is 4.63. The van der Waals surface area contributed by atoms with Gasteiger partial charge in [-0.15, -0.1) is 11.3 Å². The lowest BCUT2D eigenvalue weighted by atomic mass is 10.1. The van der Waals surface area contributed by atoms with Crippen LogP contribution in [0.4, 0.5) is 5.69 Å². The fourth-order valence-corrected chi connectivity index (χ4v) is 3.70. The number of carbonyl (C=O) groups is 2. The molecule has 0 bridgehead atoms. The first-order valence-corrected chi connectivity index (χ1v) is 8.58. The van der Waals surface area contributed by atoms with E-state index < -0.39 is 0 Å². The van der Waals surface area contributed by atoms with Crippen LogP contribution in [0.15, 0.2) is 29.6 Å². The van der Waals surface area contributed by atoms with Gasteiger partial charge in [0.25, 0.3) is 0 Å². The van der Waals surface area contributed by atoms with Crippen molar-refractivity contribution in [1.82, 2.24) is 4.90 Å². The highest BCUT2D eigenvalue weighted by Gasteiger charge is 2.21. The van der Waals surface area contributed by atoms with Crippen LogP contribution in [0.1, 0.15) is 33.3 Å². The number of ketones is 1. The molecule has 1 aromatic heterocycles. The Bertz CT molecular complexity index is 835. The number of nitrogens with one attached hydrogen (secondary N) is 1. The molecule has 0 aliphatic carbocycles. The Morgan fingerprint density at radius 1 is 1.38 bits per heavy atom. The van der Waals surface area contributed by atoms with Gasteiger partial charge in [-0.2, -0.15) is 5.26 Å². The lowest BCUT2D eigenvalue weighted by Crippen LogP contribution is -2.38. The van der Waals surface area contributed by atoms with Crippen molar-refractivity contribution in [2.24, 2.45) is 0 Å². The molecule has 6 heteroatoms. The maximum Gasteiger partial charge on any atom is 0.242 e. The average Bonchev–Trinajstić information content (AvgIpc) is 3.06. The maximum atomic E-state index is 12.5. The second-order valence-electron chi connectivity index (χ2n) is 5.72. The summed E-state index contributed by atoms with van der Waals surface area (Å²) in [7, 11) is 0. The molecular weight excluding hydrogens is 322 g/mol. The molecule has 0 radical (unpaired) electrons. The molecule has 0 saturated carbocycles. The Morgan fingerprint density at radius 3 is 2.96 bits per heavy atom. The molecular formula is C18H17N3O2S. The summed E-state index contributed by atoms with van der Waals surface area (Å²) in [5.74, 6) is -0.112. The van der Waals surface area contributed by atoms with Gasteiger partial charge in [0.1, 0.15) is 0 Å². The van der Waals surface area contributed by atoms with Crippen LogP contribution in [0.3, 0.4) is 0 Å². The maximum absolute atomic E-state index is 12.5. The number of nitriles is 1. The highest BCUT2D eigenvalue weighted by molar-refractivity contribution is 7.10. The lowest BCUT2D eigenvalue weighted by molar-refractivity contribution is -0.130. The normalized spacial score (nSPS) is 13.1. The van der Waals surface area contributed by atoms with Gasteiger partial charge in [-0.1, -0.05) is 0 Å². The van der Waals surface area contributed by atoms with Crippen molar-refractivity contribution in [3.8, 4) is 6.07 Å². The molecule has 2 aromatic rings. The third-order valence-corrected chi connectivity index (χ3v) is 5.14. The Balaban J connectivity index is 1.69. The van der Waals surface area contributed by atoms with E-state index >= 15 is 0 Å². The Labute approximate surface area is 144 Å². The first-order valence-electron chi connectivity index (χ1n) is 7.70. The number of hydrogen-bond donors (Lipinski definition) is 1. The smallest absolute Gasteiger partial charge is 0.242 e. The van der Waals surface area contributed by atoms with Gasteiger partial charge in [-0.05, 0) is 48.6 Å². The SMILES string of the molecule is CC(=O)c1ccc(C#N)cc1NCC(=O)N1CCc2sccc2C1. The van der Waals surface area contributed by atoms with Crippen molar-refractivity contribution < 1.29 is 9.59 Å². The summed E-state index contributed by atoms with van der Waals surface area (Å²) in [4.78, 5) is 27.3. The predicted octanol–water partition coefficient (Wildman–Crippen LogP) is 2.82. The van der Waals surface area contributed by atoms with E-state index in [1.54, 1.807) is 29.5 Å². The van der Waals surface area contributed by atoms with Crippen LogP contribution in [0.25, 0.3) is 0 Å². The second-order valence-corrected chi connectivity index (χ2v) is 6.72. The average molecular weight is 339 g/mol. The van der Waals surface area contributed by atoms with Gasteiger partial charge >= 0.3 is 0 Å². The minimum atomic E-state index is -0.102. The van der Waals surface area contributed by atoms with E-state index in [9.17, 15) is 9.59 Å². The summed E-state index contributed by atoms with van der Waals surface area (Å²) >= 11 is 1.74. The first-order chi connectivity index (χ1) is 11.6. The number of carbonyl (C=O) groups excluding carboxylic acids is 2. The van der Waals surface area contributed by atoms with E-state index in [2.05, 4.69) is 16.8 Å². The van der Waals surface area contributed by atoms with Crippen LogP contribution in [0.5, 0.6) is 0 Å². The Morgan fingerprint density at radius 2 is 2.21 bits per heavy atom. The lowest BCUT2D eigenvalue weighted by Gasteiger charge is -2.27. The van der Waals surface area contributed by atoms with Crippen molar-refractivity contribution in [2.45, 2.75) is 19.9 Å². The second kappa shape index (κ2) is 6.85. The molecule has 3 rings (SSSR count). The Hall–Kier alpha value is -2.65. The van der Waals surface area contributed by atoms with Crippen molar-refractivity contribution in [1.29, 1.82) is 5.26 Å². The molecule has 0 unspecified atom stereocenters. The molecule has 1 aliphatic rings. The zero-order chi connectivity index (χ0) is 17.1. The predicted molar refractivity (Wildman–Crippen MR) is 93.1 cm³/mol. The topological polar surface area (TPSA) is 73.2 Å². The summed E-state index contributed by atoms with van der Waals surface area (Å²) in [5.41, 5.74) is 2.69. The number of rotatable bonds is 4. The van der Waals surface area contributed by atoms with Crippen molar-refractivity contribution >= 4 is 28.7 Å². The monoisotopic (exact) mass is 339 g/mol. The minimum absolute atomic E-state index is 0.0105. The van der Waals surface area contributed by atoms with Crippen molar-refractivity contribution in [3.05, 3.63) is 51.2 Å². The van der Waals surface area contributed by atoms with Crippen molar-refractivity contribution in [2.75, 3.05) is 18.4 Å². The van der Waals surface area contributed by atoms with E-state index in [4.69, 9.17) is 5.26 Å².